The maximum Gasteiger partial charge on any atom is 0.513 e. The molecule has 0 fully saturated rings. The van der Waals surface area contributed by atoms with Crippen molar-refractivity contribution in [3.05, 3.63) is 58.9 Å². The van der Waals surface area contributed by atoms with Gasteiger partial charge in [-0.2, -0.15) is 13.9 Å². The van der Waals surface area contributed by atoms with Gasteiger partial charge in [0.2, 0.25) is 34.8 Å². The number of nitrogens with one attached hydrogen (secondary N) is 1. The first-order valence-corrected chi connectivity index (χ1v) is 12.6. The van der Waals surface area contributed by atoms with E-state index < -0.39 is 60.2 Å². The molecule has 1 N–H and O–H groups in total. The fourth-order valence-corrected chi connectivity index (χ4v) is 4.25. The number of halogens is 5. The second kappa shape index (κ2) is 11.4. The molecule has 2 aromatic rings. The third kappa shape index (κ3) is 7.66. The molecule has 0 saturated carbocycles. The Morgan fingerprint density at radius 3 is 1.84 bits per heavy atom. The van der Waals surface area contributed by atoms with E-state index in [9.17, 15) is 31.3 Å². The lowest BCUT2D eigenvalue weighted by atomic mass is 9.87. The Kier molecular flexibility index (Phi) is 9.38. The summed E-state index contributed by atoms with van der Waals surface area (Å²) in [5.41, 5.74) is -0.280. The van der Waals surface area contributed by atoms with Crippen LogP contribution in [0.3, 0.4) is 0 Å². The Bertz CT molecular complexity index is 1150. The van der Waals surface area contributed by atoms with Crippen LogP contribution in [0.15, 0.2) is 24.3 Å². The van der Waals surface area contributed by atoms with Crippen molar-refractivity contribution >= 4 is 13.7 Å². The molecule has 0 heterocycles. The summed E-state index contributed by atoms with van der Waals surface area (Å²) < 4.78 is 103. The van der Waals surface area contributed by atoms with E-state index in [4.69, 9.17) is 18.5 Å². The van der Waals surface area contributed by atoms with Gasteiger partial charge >= 0.3 is 13.7 Å². The summed E-state index contributed by atoms with van der Waals surface area (Å²) in [6, 6.07) is 4.47. The minimum absolute atomic E-state index is 0.145. The molecule has 2 atom stereocenters. The summed E-state index contributed by atoms with van der Waals surface area (Å²) in [6.07, 6.45) is 0. The molecule has 0 amide bonds. The molecule has 0 aliphatic heterocycles. The number of esters is 1. The van der Waals surface area contributed by atoms with Crippen molar-refractivity contribution < 1.29 is 49.8 Å². The lowest BCUT2D eigenvalue weighted by molar-refractivity contribution is -0.153. The van der Waals surface area contributed by atoms with E-state index in [1.54, 1.807) is 26.0 Å². The molecular formula is C24H29F5NO6P. The summed E-state index contributed by atoms with van der Waals surface area (Å²) in [6.45, 7) is 9.99. The van der Waals surface area contributed by atoms with Crippen LogP contribution in [0, 0.1) is 29.1 Å². The average Bonchev–Trinajstić information content (AvgIpc) is 2.82. The lowest BCUT2D eigenvalue weighted by Gasteiger charge is -2.26. The van der Waals surface area contributed by atoms with Gasteiger partial charge in [-0.25, -0.2) is 17.7 Å². The maximum absolute atomic E-state index is 14.3. The molecule has 206 valence electrons. The Morgan fingerprint density at radius 2 is 1.38 bits per heavy atom. The maximum atomic E-state index is 14.3. The quantitative estimate of drug-likeness (QED) is 0.124. The number of hydrogen-bond acceptors (Lipinski definition) is 6. The van der Waals surface area contributed by atoms with Crippen molar-refractivity contribution in [3.8, 4) is 11.5 Å². The largest absolute Gasteiger partial charge is 0.513 e. The van der Waals surface area contributed by atoms with Crippen LogP contribution in [-0.2, 0) is 24.2 Å². The van der Waals surface area contributed by atoms with Crippen molar-refractivity contribution in [2.75, 3.05) is 13.7 Å². The van der Waals surface area contributed by atoms with Gasteiger partial charge in [-0.05, 0) is 43.9 Å². The van der Waals surface area contributed by atoms with Crippen LogP contribution < -0.4 is 14.1 Å². The molecule has 0 aliphatic carbocycles. The molecule has 2 aromatic carbocycles. The molecule has 0 aromatic heterocycles. The van der Waals surface area contributed by atoms with Crippen LogP contribution in [0.4, 0.5) is 22.0 Å². The number of methoxy groups -OCH3 is 1. The van der Waals surface area contributed by atoms with E-state index in [1.165, 1.54) is 26.2 Å². The lowest BCUT2D eigenvalue weighted by Crippen LogP contribution is -2.39. The molecule has 0 aliphatic rings. The van der Waals surface area contributed by atoms with E-state index in [1.807, 2.05) is 20.8 Å². The zero-order chi connectivity index (χ0) is 28.3. The van der Waals surface area contributed by atoms with Gasteiger partial charge in [0.1, 0.15) is 18.4 Å². The van der Waals surface area contributed by atoms with E-state index in [2.05, 4.69) is 5.09 Å². The van der Waals surface area contributed by atoms with Gasteiger partial charge < -0.3 is 18.5 Å². The molecular weight excluding hydrogens is 524 g/mol. The highest BCUT2D eigenvalue weighted by molar-refractivity contribution is 7.52. The molecule has 7 nitrogen and oxygen atoms in total. The third-order valence-corrected chi connectivity index (χ3v) is 6.72. The standard InChI is InChI=1S/C24H29F5NO6P/c1-13(22(31)34-12-24(5,6)33-7)30-37(32,35-15-10-8-14(9-11-15)23(2,3)4)36-21-19(28)17(26)16(25)18(27)20(21)29/h8-11,13H,12H2,1-7H3,(H,30,32)/t13-,37?/m0/s1. The molecule has 0 saturated heterocycles. The highest BCUT2D eigenvalue weighted by atomic mass is 31.2. The summed E-state index contributed by atoms with van der Waals surface area (Å²) >= 11 is 0. The summed E-state index contributed by atoms with van der Waals surface area (Å²) in [4.78, 5) is 12.4. The van der Waals surface area contributed by atoms with Gasteiger partial charge in [0, 0.05) is 7.11 Å². The first-order valence-electron chi connectivity index (χ1n) is 11.0. The second-order valence-electron chi connectivity index (χ2n) is 9.78. The van der Waals surface area contributed by atoms with Gasteiger partial charge in [-0.3, -0.25) is 4.79 Å². The molecule has 0 radical (unpaired) electrons. The Morgan fingerprint density at radius 1 is 0.892 bits per heavy atom. The smallest absolute Gasteiger partial charge is 0.461 e. The van der Waals surface area contributed by atoms with Crippen LogP contribution in [0.25, 0.3) is 0 Å². The molecule has 2 rings (SSSR count). The summed E-state index contributed by atoms with van der Waals surface area (Å²) in [5, 5.41) is 2.12. The first-order chi connectivity index (χ1) is 16.9. The monoisotopic (exact) mass is 553 g/mol. The van der Waals surface area contributed by atoms with Crippen LogP contribution in [0.1, 0.15) is 47.1 Å². The van der Waals surface area contributed by atoms with Gasteiger partial charge in [0.05, 0.1) is 5.60 Å². The number of carbonyl (C=O) groups is 1. The van der Waals surface area contributed by atoms with Gasteiger partial charge in [0.15, 0.2) is 0 Å². The number of rotatable bonds is 10. The van der Waals surface area contributed by atoms with E-state index >= 15 is 0 Å². The minimum Gasteiger partial charge on any atom is -0.461 e. The van der Waals surface area contributed by atoms with Gasteiger partial charge in [-0.1, -0.05) is 32.9 Å². The van der Waals surface area contributed by atoms with Crippen LogP contribution in [0.2, 0.25) is 0 Å². The predicted molar refractivity (Wildman–Crippen MR) is 125 cm³/mol. The Balaban J connectivity index is 2.43. The van der Waals surface area contributed by atoms with E-state index in [-0.39, 0.29) is 17.8 Å². The van der Waals surface area contributed by atoms with Crippen molar-refractivity contribution in [1.29, 1.82) is 0 Å². The Hall–Kier alpha value is -2.69. The normalized spacial score (nSPS) is 14.6. The molecule has 37 heavy (non-hydrogen) atoms. The van der Waals surface area contributed by atoms with Crippen molar-refractivity contribution in [1.82, 2.24) is 5.09 Å². The van der Waals surface area contributed by atoms with Crippen LogP contribution in [-0.4, -0.2) is 31.3 Å². The van der Waals surface area contributed by atoms with Crippen LogP contribution in [0.5, 0.6) is 11.5 Å². The van der Waals surface area contributed by atoms with Crippen molar-refractivity contribution in [2.24, 2.45) is 0 Å². The number of carbonyl (C=O) groups excluding carboxylic acids is 1. The number of hydrogen-bond donors (Lipinski definition) is 1. The minimum atomic E-state index is -5.03. The summed E-state index contributed by atoms with van der Waals surface area (Å²) in [7, 11) is -3.64. The molecule has 0 bridgehead atoms. The highest BCUT2D eigenvalue weighted by Gasteiger charge is 2.38. The predicted octanol–water partition coefficient (Wildman–Crippen LogP) is 6.19. The van der Waals surface area contributed by atoms with Crippen molar-refractivity contribution in [3.63, 3.8) is 0 Å². The zero-order valence-electron chi connectivity index (χ0n) is 21.4. The van der Waals surface area contributed by atoms with E-state index in [0.717, 1.165) is 5.56 Å². The SMILES string of the molecule is COC(C)(C)COC(=O)[C@H](C)NP(=O)(Oc1ccc(C(C)(C)C)cc1)Oc1c(F)c(F)c(F)c(F)c1F. The fourth-order valence-electron chi connectivity index (χ4n) is 2.73. The van der Waals surface area contributed by atoms with Crippen molar-refractivity contribution in [2.45, 2.75) is 58.6 Å². The first kappa shape index (κ1) is 30.5. The van der Waals surface area contributed by atoms with Gasteiger partial charge in [-0.15, -0.1) is 0 Å². The van der Waals surface area contributed by atoms with Crippen LogP contribution >= 0.6 is 7.75 Å². The number of benzene rings is 2. The number of ether oxygens (including phenoxy) is 2. The highest BCUT2D eigenvalue weighted by Crippen LogP contribution is 2.48. The summed E-state index contributed by atoms with van der Waals surface area (Å²) in [5.74, 6) is -14.8. The average molecular weight is 553 g/mol. The Labute approximate surface area is 211 Å². The van der Waals surface area contributed by atoms with E-state index in [0.29, 0.717) is 0 Å². The third-order valence-electron chi connectivity index (χ3n) is 5.15. The zero-order valence-corrected chi connectivity index (χ0v) is 22.3. The molecule has 0 spiro atoms. The topological polar surface area (TPSA) is 83.1 Å². The second-order valence-corrected chi connectivity index (χ2v) is 11.4. The fraction of sp³-hybridized carbons (Fsp3) is 0.458. The van der Waals surface area contributed by atoms with Gasteiger partial charge in [0.25, 0.3) is 0 Å². The molecule has 1 unspecified atom stereocenters. The molecule has 13 heteroatoms.